The van der Waals surface area contributed by atoms with E-state index in [4.69, 9.17) is 9.72 Å². The average molecular weight is 540 g/mol. The fourth-order valence-corrected chi connectivity index (χ4v) is 4.75. The Balaban J connectivity index is 1.37. The van der Waals surface area contributed by atoms with Gasteiger partial charge in [-0.05, 0) is 67.0 Å². The van der Waals surface area contributed by atoms with E-state index >= 15 is 0 Å². The van der Waals surface area contributed by atoms with Gasteiger partial charge in [0.15, 0.2) is 5.82 Å². The second kappa shape index (κ2) is 11.6. The smallest absolute Gasteiger partial charge is 0.255 e. The number of carbonyl (C=O) groups excluding carboxylic acids is 1. The van der Waals surface area contributed by atoms with E-state index in [-0.39, 0.29) is 17.4 Å². The second-order valence-electron chi connectivity index (χ2n) is 11.4. The van der Waals surface area contributed by atoms with E-state index in [9.17, 15) is 4.79 Å². The molecule has 9 heteroatoms. The minimum Gasteiger partial charge on any atom is -0.376 e. The van der Waals surface area contributed by atoms with Crippen LogP contribution in [0.3, 0.4) is 0 Å². The zero-order valence-corrected chi connectivity index (χ0v) is 23.9. The van der Waals surface area contributed by atoms with Gasteiger partial charge >= 0.3 is 0 Å². The van der Waals surface area contributed by atoms with Crippen LogP contribution in [0.15, 0.2) is 55.0 Å². The van der Waals surface area contributed by atoms with Crippen LogP contribution in [0.4, 0.5) is 23.1 Å². The van der Waals surface area contributed by atoms with Gasteiger partial charge in [0.2, 0.25) is 5.95 Å². The van der Waals surface area contributed by atoms with Crippen LogP contribution < -0.4 is 15.5 Å². The molecule has 1 atom stereocenters. The maximum atomic E-state index is 13.2. The summed E-state index contributed by atoms with van der Waals surface area (Å²) in [4.78, 5) is 33.4. The molecule has 2 aromatic heterocycles. The number of anilines is 4. The van der Waals surface area contributed by atoms with Crippen molar-refractivity contribution in [3.05, 3.63) is 71.7 Å². The third-order valence-electron chi connectivity index (χ3n) is 7.20. The molecule has 0 radical (unpaired) electrons. The molecule has 0 spiro atoms. The summed E-state index contributed by atoms with van der Waals surface area (Å²) in [6, 6.07) is 13.5. The summed E-state index contributed by atoms with van der Waals surface area (Å²) in [7, 11) is 1.97. The van der Waals surface area contributed by atoms with E-state index in [2.05, 4.69) is 52.4 Å². The molecule has 2 aromatic carbocycles. The molecule has 4 aromatic rings. The predicted molar refractivity (Wildman–Crippen MR) is 160 cm³/mol. The number of aromatic nitrogens is 4. The largest absolute Gasteiger partial charge is 0.376 e. The number of rotatable bonds is 7. The fraction of sp³-hybridized carbons (Fsp3) is 0.387. The predicted octanol–water partition coefficient (Wildman–Crippen LogP) is 6.03. The highest BCUT2D eigenvalue weighted by Gasteiger charge is 2.19. The lowest BCUT2D eigenvalue weighted by molar-refractivity contribution is 0.0214. The van der Waals surface area contributed by atoms with Gasteiger partial charge in [0, 0.05) is 37.1 Å². The molecule has 0 saturated carbocycles. The monoisotopic (exact) mass is 539 g/mol. The number of likely N-dealkylation sites (N-methyl/N-ethyl adjacent to an activating group) is 1. The van der Waals surface area contributed by atoms with Crippen molar-refractivity contribution < 1.29 is 9.53 Å². The van der Waals surface area contributed by atoms with Crippen LogP contribution >= 0.6 is 0 Å². The Morgan fingerprint density at radius 1 is 1.10 bits per heavy atom. The van der Waals surface area contributed by atoms with Crippen molar-refractivity contribution in [1.29, 1.82) is 0 Å². The summed E-state index contributed by atoms with van der Waals surface area (Å²) in [5, 5.41) is 6.42. The first-order valence-electron chi connectivity index (χ1n) is 13.8. The number of carbonyl (C=O) groups is 1. The van der Waals surface area contributed by atoms with Crippen molar-refractivity contribution in [3.8, 4) is 0 Å². The Kier molecular flexibility index (Phi) is 7.93. The summed E-state index contributed by atoms with van der Waals surface area (Å²) in [6.45, 7) is 9.97. The molecular formula is C31H37N7O2. The summed E-state index contributed by atoms with van der Waals surface area (Å²) in [6.07, 6.45) is 6.71. The lowest BCUT2D eigenvalue weighted by Crippen LogP contribution is -2.34. The maximum Gasteiger partial charge on any atom is 0.255 e. The van der Waals surface area contributed by atoms with Crippen molar-refractivity contribution in [2.24, 2.45) is 0 Å². The molecular weight excluding hydrogens is 502 g/mol. The zero-order valence-electron chi connectivity index (χ0n) is 23.9. The topological polar surface area (TPSA) is 105 Å². The van der Waals surface area contributed by atoms with Gasteiger partial charge in [0.25, 0.3) is 5.91 Å². The Hall–Kier alpha value is -4.11. The quantitative estimate of drug-likeness (QED) is 0.293. The number of ether oxygens (including phenoxy) is 1. The molecule has 1 aliphatic heterocycles. The second-order valence-corrected chi connectivity index (χ2v) is 11.4. The first-order chi connectivity index (χ1) is 19.2. The van der Waals surface area contributed by atoms with Crippen LogP contribution in [-0.4, -0.2) is 52.1 Å². The van der Waals surface area contributed by atoms with Gasteiger partial charge in [-0.1, -0.05) is 39.0 Å². The molecule has 1 fully saturated rings. The van der Waals surface area contributed by atoms with Gasteiger partial charge in [0.05, 0.1) is 12.3 Å². The molecule has 1 amide bonds. The molecule has 1 aliphatic rings. The van der Waals surface area contributed by atoms with Gasteiger partial charge in [-0.2, -0.15) is 0 Å². The molecule has 5 rings (SSSR count). The molecule has 1 unspecified atom stereocenters. The molecule has 2 N–H and O–H groups in total. The highest BCUT2D eigenvalue weighted by atomic mass is 16.5. The Labute approximate surface area is 235 Å². The average Bonchev–Trinajstić information content (AvgIpc) is 2.94. The van der Waals surface area contributed by atoms with Crippen LogP contribution in [0.2, 0.25) is 0 Å². The van der Waals surface area contributed by atoms with E-state index in [0.717, 1.165) is 48.5 Å². The highest BCUT2D eigenvalue weighted by Crippen LogP contribution is 2.28. The van der Waals surface area contributed by atoms with Crippen LogP contribution in [0.1, 0.15) is 61.5 Å². The van der Waals surface area contributed by atoms with Crippen molar-refractivity contribution in [2.75, 3.05) is 35.7 Å². The summed E-state index contributed by atoms with van der Waals surface area (Å²) >= 11 is 0. The molecule has 9 nitrogen and oxygen atoms in total. The molecule has 3 heterocycles. The summed E-state index contributed by atoms with van der Waals surface area (Å²) < 4.78 is 5.90. The number of benzene rings is 2. The van der Waals surface area contributed by atoms with Gasteiger partial charge in [-0.25, -0.2) is 19.9 Å². The number of aryl methyl sites for hydroxylation is 1. The Morgan fingerprint density at radius 3 is 2.73 bits per heavy atom. The van der Waals surface area contributed by atoms with E-state index in [1.54, 1.807) is 6.20 Å². The van der Waals surface area contributed by atoms with Gasteiger partial charge in [-0.3, -0.25) is 4.79 Å². The number of fused-ring (bicyclic) bond motifs is 1. The van der Waals surface area contributed by atoms with E-state index in [0.29, 0.717) is 28.4 Å². The van der Waals surface area contributed by atoms with Crippen molar-refractivity contribution in [2.45, 2.75) is 58.5 Å². The van der Waals surface area contributed by atoms with Crippen molar-refractivity contribution in [1.82, 2.24) is 19.9 Å². The number of nitrogens with zero attached hydrogens (tertiary/aromatic N) is 5. The zero-order chi connectivity index (χ0) is 28.3. The molecule has 1 saturated heterocycles. The van der Waals surface area contributed by atoms with Crippen molar-refractivity contribution in [3.63, 3.8) is 0 Å². The highest BCUT2D eigenvalue weighted by molar-refractivity contribution is 6.05. The van der Waals surface area contributed by atoms with E-state index < -0.39 is 0 Å². The summed E-state index contributed by atoms with van der Waals surface area (Å²) in [5.41, 5.74) is 5.43. The fourth-order valence-electron chi connectivity index (χ4n) is 4.75. The minimum atomic E-state index is -0.183. The van der Waals surface area contributed by atoms with Crippen LogP contribution in [0.25, 0.3) is 11.0 Å². The molecule has 40 heavy (non-hydrogen) atoms. The Bertz CT molecular complexity index is 1510. The number of amides is 1. The minimum absolute atomic E-state index is 0.0100. The SMILES string of the molecule is Cc1ccc(C(=O)Nc2cccc(C(C)(C)C)c2)cc1Nc1ncnc2cnc(N(C)CC3CCCCO3)nc12. The molecule has 208 valence electrons. The number of hydrogen-bond acceptors (Lipinski definition) is 8. The lowest BCUT2D eigenvalue weighted by Gasteiger charge is -2.27. The van der Waals surface area contributed by atoms with Gasteiger partial charge < -0.3 is 20.3 Å². The maximum absolute atomic E-state index is 13.2. The van der Waals surface area contributed by atoms with Crippen LogP contribution in [-0.2, 0) is 10.2 Å². The first-order valence-corrected chi connectivity index (χ1v) is 13.8. The number of hydrogen-bond donors (Lipinski definition) is 2. The summed E-state index contributed by atoms with van der Waals surface area (Å²) in [5.74, 6) is 0.953. The van der Waals surface area contributed by atoms with E-state index in [1.165, 1.54) is 12.7 Å². The van der Waals surface area contributed by atoms with E-state index in [1.807, 2.05) is 55.3 Å². The van der Waals surface area contributed by atoms with Gasteiger partial charge in [0.1, 0.15) is 17.4 Å². The first kappa shape index (κ1) is 27.5. The molecule has 0 aliphatic carbocycles. The van der Waals surface area contributed by atoms with Crippen LogP contribution in [0, 0.1) is 6.92 Å². The molecule has 0 bridgehead atoms. The third kappa shape index (κ3) is 6.37. The lowest BCUT2D eigenvalue weighted by atomic mass is 9.87. The van der Waals surface area contributed by atoms with Crippen LogP contribution in [0.5, 0.6) is 0 Å². The Morgan fingerprint density at radius 2 is 1.95 bits per heavy atom. The normalized spacial score (nSPS) is 15.6. The van der Waals surface area contributed by atoms with Gasteiger partial charge in [-0.15, -0.1) is 0 Å². The standard InChI is InChI=1S/C31H37N7O2/c1-20-12-13-21(29(39)35-23-10-8-9-22(16-23)31(2,3)4)15-25(20)36-28-27-26(33-19-34-28)17-32-30(37-27)38(5)18-24-11-6-7-14-40-24/h8-10,12-13,15-17,19,24H,6-7,11,14,18H2,1-5H3,(H,35,39)(H,33,34,36). The third-order valence-corrected chi connectivity index (χ3v) is 7.20. The number of nitrogens with one attached hydrogen (secondary N) is 2. The van der Waals surface area contributed by atoms with Crippen molar-refractivity contribution >= 4 is 40.1 Å².